The van der Waals surface area contributed by atoms with E-state index in [9.17, 15) is 4.79 Å². The molecular formula is C20H25BrN6O3. The van der Waals surface area contributed by atoms with E-state index in [-0.39, 0.29) is 0 Å². The number of rotatable bonds is 7. The Labute approximate surface area is 182 Å². The first kappa shape index (κ1) is 20.8. The van der Waals surface area contributed by atoms with Crippen LogP contribution in [0.25, 0.3) is 17.0 Å². The van der Waals surface area contributed by atoms with E-state index in [4.69, 9.17) is 19.6 Å². The molecule has 0 atom stereocenters. The number of nitrogens with zero attached hydrogens (tertiary/aromatic N) is 6. The van der Waals surface area contributed by atoms with E-state index in [0.717, 1.165) is 23.3 Å². The maximum absolute atomic E-state index is 12.0. The van der Waals surface area contributed by atoms with Crippen LogP contribution in [-0.2, 0) is 16.6 Å². The second-order valence-corrected chi connectivity index (χ2v) is 7.95. The largest absolute Gasteiger partial charge is 0.479 e. The Kier molecular flexibility index (Phi) is 6.31. The molecule has 3 aromatic heterocycles. The van der Waals surface area contributed by atoms with Crippen LogP contribution < -0.4 is 4.74 Å². The highest BCUT2D eigenvalue weighted by molar-refractivity contribution is 9.08. The molecule has 30 heavy (non-hydrogen) atoms. The van der Waals surface area contributed by atoms with Gasteiger partial charge in [0, 0.05) is 18.1 Å². The number of hydrogen-bond acceptors (Lipinski definition) is 7. The lowest BCUT2D eigenvalue weighted by molar-refractivity contribution is 0.0526. The zero-order valence-corrected chi connectivity index (χ0v) is 18.8. The third-order valence-corrected chi connectivity index (χ3v) is 5.92. The molecular weight excluding hydrogens is 452 g/mol. The highest BCUT2D eigenvalue weighted by Gasteiger charge is 2.23. The molecule has 1 fully saturated rings. The molecule has 0 bridgehead atoms. The van der Waals surface area contributed by atoms with Crippen LogP contribution in [0.4, 0.5) is 0 Å². The third-order valence-electron chi connectivity index (χ3n) is 5.39. The van der Waals surface area contributed by atoms with Crippen molar-refractivity contribution in [3.8, 4) is 11.8 Å². The van der Waals surface area contributed by atoms with Gasteiger partial charge in [0.05, 0.1) is 31.2 Å². The summed E-state index contributed by atoms with van der Waals surface area (Å²) in [5.74, 6) is 0.930. The molecule has 3 aromatic rings. The molecule has 0 spiro atoms. The number of aromatic nitrogens is 6. The van der Waals surface area contributed by atoms with Crippen LogP contribution in [0.3, 0.4) is 0 Å². The second-order valence-electron chi connectivity index (χ2n) is 7.39. The van der Waals surface area contributed by atoms with Crippen molar-refractivity contribution in [1.29, 1.82) is 0 Å². The molecule has 0 N–H and O–H groups in total. The first-order valence-corrected chi connectivity index (χ1v) is 11.4. The highest BCUT2D eigenvalue weighted by Crippen LogP contribution is 2.31. The van der Waals surface area contributed by atoms with Crippen LogP contribution in [0.5, 0.6) is 5.88 Å². The van der Waals surface area contributed by atoms with E-state index in [2.05, 4.69) is 26.0 Å². The van der Waals surface area contributed by atoms with Crippen LogP contribution >= 0.6 is 15.9 Å². The van der Waals surface area contributed by atoms with Gasteiger partial charge in [-0.1, -0.05) is 35.2 Å². The molecule has 160 valence electrons. The standard InChI is InChI=1S/C20H25BrN6O3/c1-3-30-19(28)14-10-22-27(12-14)20-23-16-15(9-21)25-26(17(16)18(24-20)29-2)11-13-7-5-4-6-8-13/h10,12-13H,3-9,11H2,1-2H3. The molecule has 0 aromatic carbocycles. The van der Waals surface area contributed by atoms with Gasteiger partial charge in [-0.3, -0.25) is 4.68 Å². The fourth-order valence-electron chi connectivity index (χ4n) is 3.93. The predicted molar refractivity (Wildman–Crippen MR) is 114 cm³/mol. The molecule has 4 rings (SSSR count). The predicted octanol–water partition coefficient (Wildman–Crippen LogP) is 3.67. The second kappa shape index (κ2) is 9.11. The van der Waals surface area contributed by atoms with E-state index >= 15 is 0 Å². The summed E-state index contributed by atoms with van der Waals surface area (Å²) in [6.07, 6.45) is 9.29. The monoisotopic (exact) mass is 476 g/mol. The Hall–Kier alpha value is -2.49. The minimum Gasteiger partial charge on any atom is -0.479 e. The summed E-state index contributed by atoms with van der Waals surface area (Å²) in [7, 11) is 1.59. The number of carbonyl (C=O) groups is 1. The number of alkyl halides is 1. The molecule has 1 aliphatic rings. The van der Waals surface area contributed by atoms with E-state index in [0.29, 0.717) is 35.2 Å². The summed E-state index contributed by atoms with van der Waals surface area (Å²) in [4.78, 5) is 21.2. The summed E-state index contributed by atoms with van der Waals surface area (Å²) in [5.41, 5.74) is 2.67. The minimum absolute atomic E-state index is 0.301. The van der Waals surface area contributed by atoms with Gasteiger partial charge in [0.25, 0.3) is 5.95 Å². The normalized spacial score (nSPS) is 14.9. The Morgan fingerprint density at radius 2 is 2.07 bits per heavy atom. The number of carbonyl (C=O) groups excluding carboxylic acids is 1. The summed E-state index contributed by atoms with van der Waals surface area (Å²) in [6.45, 7) is 2.89. The molecule has 10 heteroatoms. The van der Waals surface area contributed by atoms with E-state index < -0.39 is 5.97 Å². The van der Waals surface area contributed by atoms with Gasteiger partial charge in [0.1, 0.15) is 11.0 Å². The van der Waals surface area contributed by atoms with Crippen molar-refractivity contribution >= 4 is 32.9 Å². The molecule has 0 amide bonds. The molecule has 1 aliphatic carbocycles. The van der Waals surface area contributed by atoms with E-state index in [1.807, 2.05) is 4.68 Å². The van der Waals surface area contributed by atoms with Crippen molar-refractivity contribution in [3.63, 3.8) is 0 Å². The molecule has 0 unspecified atom stereocenters. The van der Waals surface area contributed by atoms with Gasteiger partial charge in [-0.15, -0.1) is 0 Å². The number of halogens is 1. The average molecular weight is 477 g/mol. The van der Waals surface area contributed by atoms with Gasteiger partial charge in [-0.25, -0.2) is 14.5 Å². The van der Waals surface area contributed by atoms with Gasteiger partial charge in [-0.05, 0) is 25.7 Å². The Morgan fingerprint density at radius 3 is 2.77 bits per heavy atom. The Bertz CT molecular complexity index is 1040. The molecule has 0 radical (unpaired) electrons. The van der Waals surface area contributed by atoms with Crippen LogP contribution in [0.2, 0.25) is 0 Å². The molecule has 0 saturated heterocycles. The average Bonchev–Trinajstić information content (AvgIpc) is 3.39. The first-order chi connectivity index (χ1) is 14.6. The van der Waals surface area contributed by atoms with Crippen LogP contribution in [0, 0.1) is 5.92 Å². The van der Waals surface area contributed by atoms with Gasteiger partial charge >= 0.3 is 5.97 Å². The lowest BCUT2D eigenvalue weighted by atomic mass is 9.89. The summed E-state index contributed by atoms with van der Waals surface area (Å²) >= 11 is 3.52. The molecule has 3 heterocycles. The Balaban J connectivity index is 1.74. The van der Waals surface area contributed by atoms with Crippen molar-refractivity contribution in [2.45, 2.75) is 50.9 Å². The number of esters is 1. The van der Waals surface area contributed by atoms with Gasteiger partial charge in [0.2, 0.25) is 5.88 Å². The van der Waals surface area contributed by atoms with Crippen molar-refractivity contribution in [3.05, 3.63) is 23.7 Å². The lowest BCUT2D eigenvalue weighted by Gasteiger charge is -2.21. The molecule has 9 nitrogen and oxygen atoms in total. The fourth-order valence-corrected chi connectivity index (χ4v) is 4.31. The van der Waals surface area contributed by atoms with Crippen molar-refractivity contribution < 1.29 is 14.3 Å². The summed E-state index contributed by atoms with van der Waals surface area (Å²) in [5, 5.41) is 9.57. The maximum atomic E-state index is 12.0. The topological polar surface area (TPSA) is 96.9 Å². The van der Waals surface area contributed by atoms with Crippen LogP contribution in [-0.4, -0.2) is 49.2 Å². The molecule has 1 saturated carbocycles. The fraction of sp³-hybridized carbons (Fsp3) is 0.550. The number of methoxy groups -OCH3 is 1. The Morgan fingerprint density at radius 1 is 1.27 bits per heavy atom. The quantitative estimate of drug-likeness (QED) is 0.378. The number of fused-ring (bicyclic) bond motifs is 1. The van der Waals surface area contributed by atoms with Crippen molar-refractivity contribution in [1.82, 2.24) is 29.5 Å². The van der Waals surface area contributed by atoms with Crippen molar-refractivity contribution in [2.24, 2.45) is 5.92 Å². The van der Waals surface area contributed by atoms with E-state index in [1.165, 1.54) is 43.0 Å². The zero-order valence-electron chi connectivity index (χ0n) is 17.2. The first-order valence-electron chi connectivity index (χ1n) is 10.2. The SMILES string of the molecule is CCOC(=O)c1cnn(-c2nc(OC)c3c(n2)c(CBr)nn3CC2CCCCC2)c1. The summed E-state index contributed by atoms with van der Waals surface area (Å²) in [6, 6.07) is 0. The molecule has 0 aliphatic heterocycles. The lowest BCUT2D eigenvalue weighted by Crippen LogP contribution is -2.15. The maximum Gasteiger partial charge on any atom is 0.341 e. The third kappa shape index (κ3) is 4.05. The minimum atomic E-state index is -0.432. The highest BCUT2D eigenvalue weighted by atomic mass is 79.9. The smallest absolute Gasteiger partial charge is 0.341 e. The zero-order chi connectivity index (χ0) is 21.1. The summed E-state index contributed by atoms with van der Waals surface area (Å²) < 4.78 is 14.1. The van der Waals surface area contributed by atoms with Crippen molar-refractivity contribution in [2.75, 3.05) is 13.7 Å². The number of hydrogen-bond donors (Lipinski definition) is 0. The van der Waals surface area contributed by atoms with Gasteiger partial charge in [0.15, 0.2) is 0 Å². The number of ether oxygens (including phenoxy) is 2. The van der Waals surface area contributed by atoms with Gasteiger partial charge in [-0.2, -0.15) is 15.2 Å². The van der Waals surface area contributed by atoms with Crippen LogP contribution in [0.1, 0.15) is 55.1 Å². The van der Waals surface area contributed by atoms with Gasteiger partial charge < -0.3 is 9.47 Å². The van der Waals surface area contributed by atoms with E-state index in [1.54, 1.807) is 20.2 Å². The van der Waals surface area contributed by atoms with Crippen LogP contribution in [0.15, 0.2) is 12.4 Å².